The zero-order chi connectivity index (χ0) is 27.1. The minimum absolute atomic E-state index is 0. The Hall–Kier alpha value is -2.31. The molecule has 0 saturated heterocycles. The van der Waals surface area contributed by atoms with Gasteiger partial charge in [-0.05, 0) is 13.8 Å². The fraction of sp³-hybridized carbons (Fsp3) is 0.250. The van der Waals surface area contributed by atoms with E-state index in [1.54, 1.807) is 9.58 Å². The number of allylic oxidation sites excluding steroid dienone is 2. The maximum atomic E-state index is 10.0. The Morgan fingerprint density at radius 1 is 1.00 bits per heavy atom. The number of rotatable bonds is 3. The van der Waals surface area contributed by atoms with Crippen LogP contribution >= 0.6 is 0 Å². The maximum Gasteiger partial charge on any atom is 0 e. The summed E-state index contributed by atoms with van der Waals surface area (Å²) in [5, 5.41) is 13.9. The van der Waals surface area contributed by atoms with Crippen LogP contribution in [0.1, 0.15) is 19.4 Å². The molecule has 2 heterocycles. The van der Waals surface area contributed by atoms with Crippen LogP contribution in [0.3, 0.4) is 0 Å². The molecule has 199 valence electrons. The van der Waals surface area contributed by atoms with Crippen molar-refractivity contribution >= 4 is 52.7 Å². The van der Waals surface area contributed by atoms with Crippen LogP contribution in [-0.2, 0) is 24.9 Å². The van der Waals surface area contributed by atoms with Gasteiger partial charge in [0.15, 0.2) is 5.78 Å². The average Bonchev–Trinajstić information content (AvgIpc) is 3.05. The smallest absolute Gasteiger partial charge is 0 e. The third-order valence-corrected chi connectivity index (χ3v) is 14.9. The van der Waals surface area contributed by atoms with E-state index in [1.807, 2.05) is 6.20 Å². The molecule has 0 amide bonds. The van der Waals surface area contributed by atoms with E-state index in [-0.39, 0.29) is 31.6 Å². The fourth-order valence-corrected chi connectivity index (χ4v) is 11.4. The van der Waals surface area contributed by atoms with Gasteiger partial charge in [0.25, 0.3) is 0 Å². The molecule has 0 bridgehead atoms. The van der Waals surface area contributed by atoms with Crippen LogP contribution in [0.25, 0.3) is 33.2 Å². The second-order valence-electron chi connectivity index (χ2n) is 11.5. The zero-order valence-electron chi connectivity index (χ0n) is 23.5. The van der Waals surface area contributed by atoms with E-state index >= 15 is 0 Å². The van der Waals surface area contributed by atoms with Gasteiger partial charge in [-0.2, -0.15) is 0 Å². The molecule has 5 rings (SSSR count). The molecule has 0 spiro atoms. The van der Waals surface area contributed by atoms with E-state index in [4.69, 9.17) is 10.1 Å². The van der Waals surface area contributed by atoms with Crippen molar-refractivity contribution in [2.45, 2.75) is 51.1 Å². The van der Waals surface area contributed by atoms with Gasteiger partial charge in [-0.15, -0.1) is 0 Å². The van der Waals surface area contributed by atoms with Gasteiger partial charge in [0.1, 0.15) is 0 Å². The van der Waals surface area contributed by atoms with Gasteiger partial charge < -0.3 is 5.11 Å². The Bertz CT molecular complexity index is 1550. The third-order valence-electron chi connectivity index (χ3n) is 7.07. The van der Waals surface area contributed by atoms with Crippen LogP contribution in [0.5, 0.6) is 0 Å². The number of pyridine rings is 1. The topological polar surface area (TPSA) is 50.2 Å². The Balaban J connectivity index is 0.000000444. The summed E-state index contributed by atoms with van der Waals surface area (Å²) >= 11 is -1.89. The second kappa shape index (κ2) is 11.4. The Kier molecular flexibility index (Phi) is 9.09. The van der Waals surface area contributed by atoms with Crippen LogP contribution in [-0.4, -0.2) is 37.2 Å². The first kappa shape index (κ1) is 30.2. The van der Waals surface area contributed by atoms with E-state index in [0.717, 1.165) is 11.3 Å². The summed E-state index contributed by atoms with van der Waals surface area (Å²) in [5.41, 5.74) is 6.37. The van der Waals surface area contributed by atoms with E-state index in [9.17, 15) is 4.79 Å². The molecule has 1 aliphatic heterocycles. The summed E-state index contributed by atoms with van der Waals surface area (Å²) < 4.78 is 1.60. The summed E-state index contributed by atoms with van der Waals surface area (Å²) in [6.45, 7) is 10.0. The van der Waals surface area contributed by atoms with Crippen LogP contribution in [0.2, 0.25) is 30.4 Å². The molecule has 0 saturated carbocycles. The van der Waals surface area contributed by atoms with Gasteiger partial charge in [-0.25, -0.2) is 0 Å². The van der Waals surface area contributed by atoms with Crippen LogP contribution in [0.15, 0.2) is 72.6 Å². The monoisotopic (exact) mass is 761 g/mol. The molecule has 4 aromatic rings. The Morgan fingerprint density at radius 2 is 1.68 bits per heavy atom. The van der Waals surface area contributed by atoms with Gasteiger partial charge in [-0.3, -0.25) is 4.79 Å². The van der Waals surface area contributed by atoms with Crippen molar-refractivity contribution in [3.63, 3.8) is 0 Å². The average molecular weight is 760 g/mol. The SMILES string of the molecule is CC(=O)/C=C(/C)O.Cc1cc(-c2nccc3c2[Si](C)(C)c2c[c]([Ge]([CH3])([CH3])[CH3])ccc2-3)[c-]c2ccccc12.[Ir]. The van der Waals surface area contributed by atoms with Crippen molar-refractivity contribution in [2.75, 3.05) is 0 Å². The molecule has 0 aliphatic carbocycles. The van der Waals surface area contributed by atoms with Gasteiger partial charge in [0.2, 0.25) is 0 Å². The van der Waals surface area contributed by atoms with Crippen LogP contribution in [0, 0.1) is 13.0 Å². The van der Waals surface area contributed by atoms with E-state index in [1.165, 1.54) is 52.6 Å². The number of carbonyl (C=O) groups is 1. The summed E-state index contributed by atoms with van der Waals surface area (Å²) in [4.78, 5) is 15.0. The number of nitrogens with zero attached hydrogens (tertiary/aromatic N) is 1. The van der Waals surface area contributed by atoms with Crippen molar-refractivity contribution < 1.29 is 30.0 Å². The summed E-state index contributed by atoms with van der Waals surface area (Å²) in [6, 6.07) is 24.1. The van der Waals surface area contributed by atoms with Gasteiger partial charge in [-0.1, -0.05) is 0 Å². The number of fused-ring (bicyclic) bond motifs is 4. The first-order valence-electron chi connectivity index (χ1n) is 12.8. The van der Waals surface area contributed by atoms with E-state index in [0.29, 0.717) is 0 Å². The minimum Gasteiger partial charge on any atom is 0 e. The van der Waals surface area contributed by atoms with Crippen LogP contribution < -0.4 is 14.8 Å². The summed E-state index contributed by atoms with van der Waals surface area (Å²) in [5.74, 6) is 7.39. The number of benzene rings is 3. The largest absolute Gasteiger partial charge is 0 e. The minimum atomic E-state index is -1.89. The zero-order valence-corrected chi connectivity index (χ0v) is 29.0. The predicted molar refractivity (Wildman–Crippen MR) is 163 cm³/mol. The molecule has 1 aliphatic rings. The van der Waals surface area contributed by atoms with Crippen molar-refractivity contribution in [3.05, 3.63) is 84.3 Å². The molecule has 38 heavy (non-hydrogen) atoms. The molecule has 0 fully saturated rings. The molecule has 0 atom stereocenters. The normalized spacial score (nSPS) is 13.6. The fourth-order valence-electron chi connectivity index (χ4n) is 5.25. The maximum absolute atomic E-state index is 10.0. The van der Waals surface area contributed by atoms with Crippen molar-refractivity contribution in [1.29, 1.82) is 0 Å². The Morgan fingerprint density at radius 3 is 2.29 bits per heavy atom. The van der Waals surface area contributed by atoms with Gasteiger partial charge in [0, 0.05) is 26.2 Å². The van der Waals surface area contributed by atoms with Crippen molar-refractivity contribution in [3.8, 4) is 22.4 Å². The number of hydrogen-bond acceptors (Lipinski definition) is 3. The Labute approximate surface area is 244 Å². The molecule has 1 aromatic heterocycles. The molecular weight excluding hydrogens is 723 g/mol. The summed E-state index contributed by atoms with van der Waals surface area (Å²) in [7, 11) is -1.86. The third kappa shape index (κ3) is 5.96. The molecule has 0 unspecified atom stereocenters. The summed E-state index contributed by atoms with van der Waals surface area (Å²) in [6.07, 6.45) is 3.15. The number of ketones is 1. The molecule has 1 radical (unpaired) electrons. The second-order valence-corrected chi connectivity index (χ2v) is 26.5. The number of hydrogen-bond donors (Lipinski definition) is 1. The van der Waals surface area contributed by atoms with Gasteiger partial charge >= 0.3 is 184 Å². The molecular formula is C32H36GeIrNO2Si-. The number of aryl methyl sites for hydroxylation is 1. The molecule has 3 aromatic carbocycles. The first-order valence-corrected chi connectivity index (χ1v) is 23.1. The van der Waals surface area contributed by atoms with E-state index in [2.05, 4.69) is 98.0 Å². The molecule has 6 heteroatoms. The van der Waals surface area contributed by atoms with Crippen molar-refractivity contribution in [2.24, 2.45) is 0 Å². The standard InChI is InChI=1S/C27H28GeNSi.C5H8O2.Ir/c1-18-15-20(16-19-9-7-8-10-22(18)19)26-27-24(13-14-29-26)23-12-11-21(28(2,3)4)17-25(23)30(27,5)6;1-4(6)3-5(2)7;/h7-15,17H,1-6H3;3,6H,1-2H3;/q-1;;/b;4-3-;. The quantitative estimate of drug-likeness (QED) is 0.114. The number of carbonyl (C=O) groups excluding carboxylic acids is 1. The molecule has 3 nitrogen and oxygen atoms in total. The molecule has 1 N–H and O–H groups in total. The van der Waals surface area contributed by atoms with E-state index < -0.39 is 21.3 Å². The number of aliphatic hydroxyl groups is 1. The van der Waals surface area contributed by atoms with Crippen molar-refractivity contribution in [1.82, 2.24) is 4.98 Å². The number of aromatic nitrogens is 1. The van der Waals surface area contributed by atoms with Crippen LogP contribution in [0.4, 0.5) is 0 Å². The number of aliphatic hydroxyl groups excluding tert-OH is 1. The van der Waals surface area contributed by atoms with Gasteiger partial charge in [0.05, 0.1) is 5.76 Å². The predicted octanol–water partition coefficient (Wildman–Crippen LogP) is 6.39. The first-order chi connectivity index (χ1) is 17.3.